The fourth-order valence-electron chi connectivity index (χ4n) is 2.17. The zero-order valence-corrected chi connectivity index (χ0v) is 11.9. The van der Waals surface area contributed by atoms with Crippen molar-refractivity contribution in [2.45, 2.75) is 20.4 Å². The molecule has 0 amide bonds. The highest BCUT2D eigenvalue weighted by atomic mass is 19.1. The molecule has 3 rings (SSSR count). The SMILES string of the molecule is CC(C)Cn1cc(Nc2ncnc3ccc(F)cc23)cn1. The third kappa shape index (κ3) is 2.99. The van der Waals surface area contributed by atoms with Crippen LogP contribution in [0, 0.1) is 11.7 Å². The van der Waals surface area contributed by atoms with Gasteiger partial charge in [0, 0.05) is 18.1 Å². The van der Waals surface area contributed by atoms with Crippen LogP contribution in [0.25, 0.3) is 10.9 Å². The second kappa shape index (κ2) is 5.47. The second-order valence-corrected chi connectivity index (χ2v) is 5.35. The van der Waals surface area contributed by atoms with E-state index in [9.17, 15) is 4.39 Å². The Morgan fingerprint density at radius 1 is 1.29 bits per heavy atom. The number of nitrogens with zero attached hydrogens (tertiary/aromatic N) is 4. The maximum Gasteiger partial charge on any atom is 0.141 e. The van der Waals surface area contributed by atoms with Gasteiger partial charge in [0.2, 0.25) is 0 Å². The van der Waals surface area contributed by atoms with Gasteiger partial charge >= 0.3 is 0 Å². The topological polar surface area (TPSA) is 55.6 Å². The number of anilines is 2. The molecule has 2 heterocycles. The van der Waals surface area contributed by atoms with Crippen molar-refractivity contribution in [1.29, 1.82) is 0 Å². The zero-order valence-electron chi connectivity index (χ0n) is 11.9. The fraction of sp³-hybridized carbons (Fsp3) is 0.267. The second-order valence-electron chi connectivity index (χ2n) is 5.35. The summed E-state index contributed by atoms with van der Waals surface area (Å²) in [6.07, 6.45) is 5.10. The van der Waals surface area contributed by atoms with E-state index < -0.39 is 0 Å². The smallest absolute Gasteiger partial charge is 0.141 e. The van der Waals surface area contributed by atoms with Gasteiger partial charge in [0.1, 0.15) is 18.0 Å². The van der Waals surface area contributed by atoms with Gasteiger partial charge in [-0.25, -0.2) is 14.4 Å². The van der Waals surface area contributed by atoms with E-state index in [1.54, 1.807) is 12.3 Å². The van der Waals surface area contributed by atoms with E-state index in [2.05, 4.69) is 34.2 Å². The van der Waals surface area contributed by atoms with Crippen molar-refractivity contribution < 1.29 is 4.39 Å². The van der Waals surface area contributed by atoms with Gasteiger partial charge in [-0.2, -0.15) is 5.10 Å². The van der Waals surface area contributed by atoms with Crippen molar-refractivity contribution in [2.24, 2.45) is 5.92 Å². The number of halogens is 1. The monoisotopic (exact) mass is 285 g/mol. The quantitative estimate of drug-likeness (QED) is 0.798. The Balaban J connectivity index is 1.91. The van der Waals surface area contributed by atoms with Gasteiger partial charge in [-0.15, -0.1) is 0 Å². The highest BCUT2D eigenvalue weighted by Crippen LogP contribution is 2.23. The molecule has 3 aromatic rings. The van der Waals surface area contributed by atoms with Crippen LogP contribution < -0.4 is 5.32 Å². The Hall–Kier alpha value is -2.50. The van der Waals surface area contributed by atoms with Crippen LogP contribution in [0.1, 0.15) is 13.8 Å². The van der Waals surface area contributed by atoms with Gasteiger partial charge in [-0.05, 0) is 24.1 Å². The lowest BCUT2D eigenvalue weighted by Crippen LogP contribution is -2.04. The minimum Gasteiger partial charge on any atom is -0.337 e. The third-order valence-electron chi connectivity index (χ3n) is 3.05. The van der Waals surface area contributed by atoms with Crippen LogP contribution in [0.4, 0.5) is 15.9 Å². The molecule has 0 aliphatic carbocycles. The van der Waals surface area contributed by atoms with Crippen molar-refractivity contribution in [1.82, 2.24) is 19.7 Å². The Labute approximate surface area is 121 Å². The molecular weight excluding hydrogens is 269 g/mol. The van der Waals surface area contributed by atoms with E-state index >= 15 is 0 Å². The highest BCUT2D eigenvalue weighted by molar-refractivity contribution is 5.90. The molecule has 0 unspecified atom stereocenters. The lowest BCUT2D eigenvalue weighted by Gasteiger charge is -2.06. The number of hydrogen-bond acceptors (Lipinski definition) is 4. The molecule has 2 aromatic heterocycles. The maximum atomic E-state index is 13.4. The van der Waals surface area contributed by atoms with E-state index in [-0.39, 0.29) is 5.82 Å². The van der Waals surface area contributed by atoms with Gasteiger partial charge in [0.25, 0.3) is 0 Å². The number of hydrogen-bond donors (Lipinski definition) is 1. The molecule has 0 saturated heterocycles. The summed E-state index contributed by atoms with van der Waals surface area (Å²) in [6, 6.07) is 4.45. The van der Waals surface area contributed by atoms with Gasteiger partial charge in [0.15, 0.2) is 0 Å². The van der Waals surface area contributed by atoms with E-state index in [4.69, 9.17) is 0 Å². The number of fused-ring (bicyclic) bond motifs is 1. The van der Waals surface area contributed by atoms with E-state index in [0.717, 1.165) is 12.2 Å². The predicted molar refractivity (Wildman–Crippen MR) is 79.8 cm³/mol. The molecule has 108 valence electrons. The third-order valence-corrected chi connectivity index (χ3v) is 3.05. The molecule has 0 spiro atoms. The summed E-state index contributed by atoms with van der Waals surface area (Å²) in [5, 5.41) is 8.10. The van der Waals surface area contributed by atoms with Crippen LogP contribution in [0.3, 0.4) is 0 Å². The summed E-state index contributed by atoms with van der Waals surface area (Å²) < 4.78 is 15.3. The first-order valence-corrected chi connectivity index (χ1v) is 6.81. The average Bonchev–Trinajstić information content (AvgIpc) is 2.86. The summed E-state index contributed by atoms with van der Waals surface area (Å²) >= 11 is 0. The first kappa shape index (κ1) is 13.5. The molecule has 0 fully saturated rings. The summed E-state index contributed by atoms with van der Waals surface area (Å²) in [5.41, 5.74) is 1.52. The van der Waals surface area contributed by atoms with Crippen molar-refractivity contribution in [2.75, 3.05) is 5.32 Å². The number of nitrogens with one attached hydrogen (secondary N) is 1. The average molecular weight is 285 g/mol. The minimum absolute atomic E-state index is 0.309. The summed E-state index contributed by atoms with van der Waals surface area (Å²) in [4.78, 5) is 8.32. The standard InChI is InChI=1S/C15H16FN5/c1-10(2)7-21-8-12(6-19-21)20-15-13-5-11(16)3-4-14(13)17-9-18-15/h3-6,8-10H,7H2,1-2H3,(H,17,18,20). The summed E-state index contributed by atoms with van der Waals surface area (Å²) in [6.45, 7) is 5.12. The zero-order chi connectivity index (χ0) is 14.8. The molecule has 5 nitrogen and oxygen atoms in total. The van der Waals surface area contributed by atoms with Gasteiger partial charge in [-0.1, -0.05) is 13.8 Å². The molecule has 21 heavy (non-hydrogen) atoms. The van der Waals surface area contributed by atoms with Crippen LogP contribution in [0.2, 0.25) is 0 Å². The lowest BCUT2D eigenvalue weighted by molar-refractivity contribution is 0.483. The molecule has 6 heteroatoms. The van der Waals surface area contributed by atoms with Crippen molar-refractivity contribution in [3.63, 3.8) is 0 Å². The normalized spacial score (nSPS) is 11.2. The first-order valence-electron chi connectivity index (χ1n) is 6.81. The molecule has 0 bridgehead atoms. The summed E-state index contributed by atoms with van der Waals surface area (Å²) in [7, 11) is 0. The predicted octanol–water partition coefficient (Wildman–Crippen LogP) is 3.37. The number of rotatable bonds is 4. The molecule has 0 aliphatic rings. The van der Waals surface area contributed by atoms with Gasteiger partial charge in [0.05, 0.1) is 17.4 Å². The Morgan fingerprint density at radius 3 is 2.95 bits per heavy atom. The highest BCUT2D eigenvalue weighted by Gasteiger charge is 2.07. The maximum absolute atomic E-state index is 13.4. The Kier molecular flexibility index (Phi) is 3.51. The molecule has 0 radical (unpaired) electrons. The van der Waals surface area contributed by atoms with Crippen LogP contribution in [-0.2, 0) is 6.54 Å². The molecule has 0 atom stereocenters. The van der Waals surface area contributed by atoms with Crippen molar-refractivity contribution >= 4 is 22.4 Å². The van der Waals surface area contributed by atoms with E-state index in [0.29, 0.717) is 22.6 Å². The largest absolute Gasteiger partial charge is 0.337 e. The molecule has 0 saturated carbocycles. The van der Waals surface area contributed by atoms with E-state index in [1.165, 1.54) is 18.5 Å². The molecular formula is C15H16FN5. The van der Waals surface area contributed by atoms with Gasteiger partial charge in [-0.3, -0.25) is 4.68 Å². The summed E-state index contributed by atoms with van der Waals surface area (Å²) in [5.74, 6) is 0.783. The first-order chi connectivity index (χ1) is 10.1. The van der Waals surface area contributed by atoms with Crippen LogP contribution in [0.15, 0.2) is 36.9 Å². The number of aromatic nitrogens is 4. The van der Waals surface area contributed by atoms with Crippen LogP contribution in [0.5, 0.6) is 0 Å². The molecule has 0 aliphatic heterocycles. The Morgan fingerprint density at radius 2 is 2.14 bits per heavy atom. The number of benzene rings is 1. The van der Waals surface area contributed by atoms with Crippen molar-refractivity contribution in [3.05, 3.63) is 42.7 Å². The van der Waals surface area contributed by atoms with E-state index in [1.807, 2.05) is 10.9 Å². The van der Waals surface area contributed by atoms with Crippen molar-refractivity contribution in [3.8, 4) is 0 Å². The lowest BCUT2D eigenvalue weighted by atomic mass is 10.2. The minimum atomic E-state index is -0.309. The molecule has 1 N–H and O–H groups in total. The van der Waals surface area contributed by atoms with Gasteiger partial charge < -0.3 is 5.32 Å². The van der Waals surface area contributed by atoms with Crippen LogP contribution in [-0.4, -0.2) is 19.7 Å². The Bertz CT molecular complexity index is 766. The van der Waals surface area contributed by atoms with Crippen LogP contribution >= 0.6 is 0 Å². The fourth-order valence-corrected chi connectivity index (χ4v) is 2.17. The molecule has 1 aromatic carbocycles.